The molecule has 1 aromatic carbocycles. The van der Waals surface area contributed by atoms with Gasteiger partial charge in [0.25, 0.3) is 0 Å². The maximum Gasteiger partial charge on any atom is 0.147 e. The number of hydrogen-bond acceptors (Lipinski definition) is 5. The van der Waals surface area contributed by atoms with Gasteiger partial charge in [-0.15, -0.1) is 5.10 Å². The van der Waals surface area contributed by atoms with E-state index < -0.39 is 9.84 Å². The molecule has 0 spiro atoms. The number of rotatable bonds is 6. The van der Waals surface area contributed by atoms with Crippen LogP contribution < -0.4 is 0 Å². The van der Waals surface area contributed by atoms with Crippen molar-refractivity contribution in [3.8, 4) is 5.69 Å². The normalized spacial score (nSPS) is 21.7. The monoisotopic (exact) mass is 360 g/mol. The Morgan fingerprint density at radius 2 is 1.92 bits per heavy atom. The Hall–Kier alpha value is -1.73. The number of benzene rings is 1. The molecular weight excluding hydrogens is 336 g/mol. The first-order valence-electron chi connectivity index (χ1n) is 8.89. The number of nitrogens with zero attached hydrogens (tertiary/aromatic N) is 4. The van der Waals surface area contributed by atoms with E-state index in [0.717, 1.165) is 37.4 Å². The quantitative estimate of drug-likeness (QED) is 0.788. The molecule has 2 heterocycles. The molecule has 1 unspecified atom stereocenters. The lowest BCUT2D eigenvalue weighted by Gasteiger charge is -2.15. The summed E-state index contributed by atoms with van der Waals surface area (Å²) in [5.74, 6) is 1.08. The van der Waals surface area contributed by atoms with E-state index in [2.05, 4.69) is 27.3 Å². The molecule has 7 heteroatoms. The van der Waals surface area contributed by atoms with Crippen molar-refractivity contribution in [3.63, 3.8) is 0 Å². The molecule has 0 amide bonds. The van der Waals surface area contributed by atoms with Crippen molar-refractivity contribution in [2.45, 2.75) is 31.7 Å². The van der Waals surface area contributed by atoms with Gasteiger partial charge in [-0.2, -0.15) is 0 Å². The Morgan fingerprint density at radius 1 is 1.16 bits per heavy atom. The van der Waals surface area contributed by atoms with Crippen LogP contribution in [0.1, 0.15) is 36.6 Å². The van der Waals surface area contributed by atoms with E-state index >= 15 is 0 Å². The number of hydrogen-bond donors (Lipinski definition) is 0. The third-order valence-corrected chi connectivity index (χ3v) is 6.10. The first-order valence-corrected chi connectivity index (χ1v) is 11.0. The number of aromatic nitrogens is 3. The zero-order valence-electron chi connectivity index (χ0n) is 14.5. The lowest BCUT2D eigenvalue weighted by atomic mass is 10.2. The van der Waals surface area contributed by atoms with Crippen molar-refractivity contribution >= 4 is 9.84 Å². The van der Waals surface area contributed by atoms with Crippen molar-refractivity contribution in [3.05, 3.63) is 41.7 Å². The Bertz CT molecular complexity index is 843. The van der Waals surface area contributed by atoms with Crippen LogP contribution >= 0.6 is 0 Å². The maximum absolute atomic E-state index is 11.5. The largest absolute Gasteiger partial charge is 0.297 e. The van der Waals surface area contributed by atoms with E-state index in [-0.39, 0.29) is 11.7 Å². The van der Waals surface area contributed by atoms with E-state index in [9.17, 15) is 8.42 Å². The lowest BCUT2D eigenvalue weighted by Crippen LogP contribution is -2.23. The Morgan fingerprint density at radius 3 is 2.60 bits per heavy atom. The molecule has 4 rings (SSSR count). The molecule has 0 N–H and O–H groups in total. The van der Waals surface area contributed by atoms with Crippen LogP contribution in [0.3, 0.4) is 0 Å². The van der Waals surface area contributed by atoms with Crippen molar-refractivity contribution < 1.29 is 8.42 Å². The van der Waals surface area contributed by atoms with Gasteiger partial charge in [0.15, 0.2) is 0 Å². The topological polar surface area (TPSA) is 68.1 Å². The Balaban J connectivity index is 1.51. The predicted molar refractivity (Wildman–Crippen MR) is 96.4 cm³/mol. The number of para-hydroxylation sites is 1. The van der Waals surface area contributed by atoms with E-state index in [1.165, 1.54) is 24.8 Å². The molecule has 1 aliphatic carbocycles. The van der Waals surface area contributed by atoms with Gasteiger partial charge < -0.3 is 0 Å². The van der Waals surface area contributed by atoms with Crippen LogP contribution in [0, 0.1) is 5.92 Å². The highest BCUT2D eigenvalue weighted by atomic mass is 32.2. The number of sulfone groups is 1. The van der Waals surface area contributed by atoms with Crippen molar-refractivity contribution in [1.82, 2.24) is 19.9 Å². The molecule has 1 aromatic heterocycles. The second kappa shape index (κ2) is 6.53. The zero-order chi connectivity index (χ0) is 17.4. The second-order valence-corrected chi connectivity index (χ2v) is 9.61. The van der Waals surface area contributed by atoms with Crippen molar-refractivity contribution in [1.29, 1.82) is 0 Å². The first kappa shape index (κ1) is 16.7. The molecule has 0 radical (unpaired) electrons. The lowest BCUT2D eigenvalue weighted by molar-refractivity contribution is 0.315. The smallest absolute Gasteiger partial charge is 0.147 e. The van der Waals surface area contributed by atoms with Gasteiger partial charge in [-0.25, -0.2) is 13.1 Å². The van der Waals surface area contributed by atoms with Crippen molar-refractivity contribution in [2.24, 2.45) is 5.92 Å². The van der Waals surface area contributed by atoms with E-state index in [0.29, 0.717) is 5.92 Å². The molecule has 134 valence electrons. The minimum atomic E-state index is -2.91. The Labute approximate surface area is 148 Å². The fourth-order valence-corrected chi connectivity index (χ4v) is 4.92. The molecule has 2 aromatic rings. The molecule has 25 heavy (non-hydrogen) atoms. The van der Waals surface area contributed by atoms with Gasteiger partial charge in [0.05, 0.1) is 17.1 Å². The van der Waals surface area contributed by atoms with Gasteiger partial charge in [0.1, 0.15) is 15.5 Å². The van der Waals surface area contributed by atoms with Crippen LogP contribution in [0.5, 0.6) is 0 Å². The van der Waals surface area contributed by atoms with Gasteiger partial charge in [0, 0.05) is 25.3 Å². The molecule has 1 aliphatic heterocycles. The zero-order valence-corrected chi connectivity index (χ0v) is 15.3. The average Bonchev–Trinajstić information content (AvgIpc) is 3.18. The fourth-order valence-electron chi connectivity index (χ4n) is 3.79. The highest BCUT2D eigenvalue weighted by Gasteiger charge is 2.33. The van der Waals surface area contributed by atoms with Crippen LogP contribution in [0.2, 0.25) is 0 Å². The molecule has 1 atom stereocenters. The molecule has 0 bridgehead atoms. The summed E-state index contributed by atoms with van der Waals surface area (Å²) in [5, 5.41) is 8.88. The third-order valence-electron chi connectivity index (χ3n) is 5.03. The van der Waals surface area contributed by atoms with Crippen LogP contribution in [0.4, 0.5) is 0 Å². The maximum atomic E-state index is 11.5. The van der Waals surface area contributed by atoms with E-state index in [1.807, 2.05) is 22.9 Å². The Kier molecular flexibility index (Phi) is 4.37. The summed E-state index contributed by atoms with van der Waals surface area (Å²) in [6, 6.07) is 10.2. The summed E-state index contributed by atoms with van der Waals surface area (Å²) < 4.78 is 25.0. The average molecular weight is 360 g/mol. The standard InChI is InChI=1S/C18H24N4O2S/c1-25(23,24)13-14-9-10-21(11-14)12-17-18(15-7-8-15)22(20-19-17)16-5-3-2-4-6-16/h2-6,14-15H,7-13H2,1H3. The summed E-state index contributed by atoms with van der Waals surface area (Å²) in [5.41, 5.74) is 3.34. The highest BCUT2D eigenvalue weighted by molar-refractivity contribution is 7.90. The third kappa shape index (κ3) is 3.93. The fraction of sp³-hybridized carbons (Fsp3) is 0.556. The van der Waals surface area contributed by atoms with Crippen LogP contribution in [-0.2, 0) is 16.4 Å². The van der Waals surface area contributed by atoms with Gasteiger partial charge in [0.2, 0.25) is 0 Å². The number of likely N-dealkylation sites (tertiary alicyclic amines) is 1. The molecule has 1 saturated carbocycles. The van der Waals surface area contributed by atoms with E-state index in [1.54, 1.807) is 0 Å². The summed E-state index contributed by atoms with van der Waals surface area (Å²) in [6.07, 6.45) is 4.67. The molecule has 2 fully saturated rings. The second-order valence-electron chi connectivity index (χ2n) is 7.43. The minimum Gasteiger partial charge on any atom is -0.297 e. The van der Waals surface area contributed by atoms with Crippen LogP contribution in [0.25, 0.3) is 5.69 Å². The summed E-state index contributed by atoms with van der Waals surface area (Å²) >= 11 is 0. The van der Waals surface area contributed by atoms with Gasteiger partial charge in [-0.1, -0.05) is 23.4 Å². The van der Waals surface area contributed by atoms with Crippen molar-refractivity contribution in [2.75, 3.05) is 25.1 Å². The highest BCUT2D eigenvalue weighted by Crippen LogP contribution is 2.42. The van der Waals surface area contributed by atoms with Gasteiger partial charge >= 0.3 is 0 Å². The first-order chi connectivity index (χ1) is 12.0. The summed E-state index contributed by atoms with van der Waals surface area (Å²) in [4.78, 5) is 2.32. The van der Waals surface area contributed by atoms with Gasteiger partial charge in [-0.3, -0.25) is 4.90 Å². The van der Waals surface area contributed by atoms with Crippen LogP contribution in [0.15, 0.2) is 30.3 Å². The minimum absolute atomic E-state index is 0.239. The summed E-state index contributed by atoms with van der Waals surface area (Å²) in [7, 11) is -2.91. The predicted octanol–water partition coefficient (Wildman–Crippen LogP) is 2.01. The van der Waals surface area contributed by atoms with Gasteiger partial charge in [-0.05, 0) is 43.9 Å². The molecule has 6 nitrogen and oxygen atoms in total. The molecule has 2 aliphatic rings. The SMILES string of the molecule is CS(=O)(=O)CC1CCN(Cc2nnn(-c3ccccc3)c2C2CC2)C1. The van der Waals surface area contributed by atoms with Crippen LogP contribution in [-0.4, -0.2) is 53.4 Å². The molecular formula is C18H24N4O2S. The van der Waals surface area contributed by atoms with E-state index in [4.69, 9.17) is 0 Å². The molecule has 1 saturated heterocycles. The summed E-state index contributed by atoms with van der Waals surface area (Å²) in [6.45, 7) is 2.52.